The molecule has 1 unspecified atom stereocenters. The number of benzene rings is 1. The van der Waals surface area contributed by atoms with Gasteiger partial charge in [0.1, 0.15) is 5.58 Å². The van der Waals surface area contributed by atoms with Gasteiger partial charge in [-0.05, 0) is 62.1 Å². The quantitative estimate of drug-likeness (QED) is 0.753. The second kappa shape index (κ2) is 5.79. The van der Waals surface area contributed by atoms with Crippen molar-refractivity contribution in [2.24, 2.45) is 5.92 Å². The SMILES string of the molecule is CCc1ccc2c(CN(C3CC3)C(C)C3CC3)cc(=O)oc2c1. The Balaban J connectivity index is 1.70. The van der Waals surface area contributed by atoms with Crippen LogP contribution in [0.2, 0.25) is 0 Å². The molecule has 1 heterocycles. The summed E-state index contributed by atoms with van der Waals surface area (Å²) >= 11 is 0. The number of fused-ring (bicyclic) bond motifs is 1. The molecule has 2 saturated carbocycles. The Bertz CT molecular complexity index is 771. The van der Waals surface area contributed by atoms with Crippen molar-refractivity contribution in [3.8, 4) is 0 Å². The molecule has 2 aromatic rings. The average Bonchev–Trinajstić information content (AvgIpc) is 3.42. The number of aryl methyl sites for hydroxylation is 1. The summed E-state index contributed by atoms with van der Waals surface area (Å²) in [4.78, 5) is 14.6. The lowest BCUT2D eigenvalue weighted by Crippen LogP contribution is -2.36. The molecular formula is C20H25NO2. The number of rotatable bonds is 6. The molecule has 0 bridgehead atoms. The van der Waals surface area contributed by atoms with Crippen LogP contribution in [0.25, 0.3) is 11.0 Å². The van der Waals surface area contributed by atoms with Gasteiger partial charge in [0.25, 0.3) is 0 Å². The standard InChI is InChI=1S/C20H25NO2/c1-3-14-4-9-18-16(11-20(22)23-19(18)10-14)12-21(17-7-8-17)13(2)15-5-6-15/h4,9-11,13,15,17H,3,5-8,12H2,1-2H3. The first-order chi connectivity index (χ1) is 11.2. The smallest absolute Gasteiger partial charge is 0.336 e. The highest BCUT2D eigenvalue weighted by Gasteiger charge is 2.39. The van der Waals surface area contributed by atoms with E-state index >= 15 is 0 Å². The topological polar surface area (TPSA) is 33.5 Å². The maximum atomic E-state index is 12.0. The summed E-state index contributed by atoms with van der Waals surface area (Å²) in [5.74, 6) is 0.855. The fourth-order valence-electron chi connectivity index (χ4n) is 3.68. The maximum absolute atomic E-state index is 12.0. The molecule has 3 heteroatoms. The first-order valence-corrected chi connectivity index (χ1v) is 8.97. The molecule has 4 rings (SSSR count). The van der Waals surface area contributed by atoms with E-state index in [1.165, 1.54) is 31.2 Å². The Kier molecular flexibility index (Phi) is 3.76. The molecular weight excluding hydrogens is 286 g/mol. The molecule has 0 aliphatic heterocycles. The minimum atomic E-state index is -0.226. The van der Waals surface area contributed by atoms with Gasteiger partial charge < -0.3 is 4.42 Å². The van der Waals surface area contributed by atoms with Crippen molar-refractivity contribution >= 4 is 11.0 Å². The van der Waals surface area contributed by atoms with Crippen LogP contribution in [0, 0.1) is 5.92 Å². The van der Waals surface area contributed by atoms with Gasteiger partial charge in [0.15, 0.2) is 0 Å². The zero-order chi connectivity index (χ0) is 16.0. The molecule has 23 heavy (non-hydrogen) atoms. The first kappa shape index (κ1) is 14.9. The summed E-state index contributed by atoms with van der Waals surface area (Å²) in [7, 11) is 0. The average molecular weight is 311 g/mol. The van der Waals surface area contributed by atoms with E-state index in [9.17, 15) is 4.79 Å². The molecule has 0 N–H and O–H groups in total. The second-order valence-electron chi connectivity index (χ2n) is 7.26. The number of hydrogen-bond acceptors (Lipinski definition) is 3. The van der Waals surface area contributed by atoms with Crippen molar-refractivity contribution in [1.29, 1.82) is 0 Å². The molecule has 0 amide bonds. The van der Waals surface area contributed by atoms with Crippen LogP contribution in [0.5, 0.6) is 0 Å². The van der Waals surface area contributed by atoms with Gasteiger partial charge in [-0.1, -0.05) is 19.1 Å². The molecule has 1 aromatic carbocycles. The van der Waals surface area contributed by atoms with Gasteiger partial charge in [0, 0.05) is 30.1 Å². The molecule has 2 aliphatic carbocycles. The third-order valence-electron chi connectivity index (χ3n) is 5.50. The zero-order valence-electron chi connectivity index (χ0n) is 14.0. The number of nitrogens with zero attached hydrogens (tertiary/aromatic N) is 1. The van der Waals surface area contributed by atoms with Gasteiger partial charge >= 0.3 is 5.63 Å². The second-order valence-corrected chi connectivity index (χ2v) is 7.26. The van der Waals surface area contributed by atoms with Crippen LogP contribution < -0.4 is 5.63 Å². The minimum Gasteiger partial charge on any atom is -0.423 e. The lowest BCUT2D eigenvalue weighted by molar-refractivity contribution is 0.171. The molecule has 1 atom stereocenters. The highest BCUT2D eigenvalue weighted by molar-refractivity contribution is 5.80. The summed E-state index contributed by atoms with van der Waals surface area (Å²) in [5.41, 5.74) is 2.85. The van der Waals surface area contributed by atoms with Crippen molar-refractivity contribution in [3.63, 3.8) is 0 Å². The Hall–Kier alpha value is -1.61. The van der Waals surface area contributed by atoms with E-state index in [1.807, 2.05) is 6.07 Å². The Morgan fingerprint density at radius 3 is 2.65 bits per heavy atom. The summed E-state index contributed by atoms with van der Waals surface area (Å²) in [6, 6.07) is 9.33. The lowest BCUT2D eigenvalue weighted by atomic mass is 10.0. The fraction of sp³-hybridized carbons (Fsp3) is 0.550. The van der Waals surface area contributed by atoms with E-state index in [-0.39, 0.29) is 5.63 Å². The van der Waals surface area contributed by atoms with Crippen molar-refractivity contribution < 1.29 is 4.42 Å². The fourth-order valence-corrected chi connectivity index (χ4v) is 3.68. The van der Waals surface area contributed by atoms with E-state index in [1.54, 1.807) is 6.07 Å². The van der Waals surface area contributed by atoms with Crippen LogP contribution in [0.1, 0.15) is 50.7 Å². The molecule has 0 radical (unpaired) electrons. The van der Waals surface area contributed by atoms with Gasteiger partial charge in [-0.15, -0.1) is 0 Å². The van der Waals surface area contributed by atoms with Crippen molar-refractivity contribution in [3.05, 3.63) is 45.8 Å². The molecule has 2 aliphatic rings. The van der Waals surface area contributed by atoms with Crippen LogP contribution >= 0.6 is 0 Å². The summed E-state index contributed by atoms with van der Waals surface area (Å²) in [6.07, 6.45) is 6.29. The highest BCUT2D eigenvalue weighted by Crippen LogP contribution is 2.40. The molecule has 0 saturated heterocycles. The molecule has 2 fully saturated rings. The van der Waals surface area contributed by atoms with Crippen molar-refractivity contribution in [2.75, 3.05) is 0 Å². The Labute approximate surface area is 137 Å². The van der Waals surface area contributed by atoms with Gasteiger partial charge in [-0.25, -0.2) is 4.79 Å². The molecule has 3 nitrogen and oxygen atoms in total. The van der Waals surface area contributed by atoms with E-state index in [4.69, 9.17) is 4.42 Å². The normalized spacial score (nSPS) is 19.4. The summed E-state index contributed by atoms with van der Waals surface area (Å²) in [5, 5.41) is 1.09. The molecule has 1 aromatic heterocycles. The van der Waals surface area contributed by atoms with Gasteiger partial charge in [-0.3, -0.25) is 4.90 Å². The van der Waals surface area contributed by atoms with Gasteiger partial charge in [0.05, 0.1) is 0 Å². The zero-order valence-corrected chi connectivity index (χ0v) is 14.0. The lowest BCUT2D eigenvalue weighted by Gasteiger charge is -2.29. The first-order valence-electron chi connectivity index (χ1n) is 8.97. The van der Waals surface area contributed by atoms with E-state index in [0.717, 1.165) is 35.4 Å². The van der Waals surface area contributed by atoms with Crippen LogP contribution in [0.4, 0.5) is 0 Å². The van der Waals surface area contributed by atoms with E-state index < -0.39 is 0 Å². The van der Waals surface area contributed by atoms with E-state index in [0.29, 0.717) is 12.1 Å². The minimum absolute atomic E-state index is 0.226. The van der Waals surface area contributed by atoms with Gasteiger partial charge in [0.2, 0.25) is 0 Å². The van der Waals surface area contributed by atoms with Crippen LogP contribution in [0.15, 0.2) is 33.5 Å². The van der Waals surface area contributed by atoms with Crippen molar-refractivity contribution in [2.45, 2.75) is 64.6 Å². The van der Waals surface area contributed by atoms with Crippen molar-refractivity contribution in [1.82, 2.24) is 4.90 Å². The molecule has 0 spiro atoms. The predicted octanol–water partition coefficient (Wildman–Crippen LogP) is 4.12. The summed E-state index contributed by atoms with van der Waals surface area (Å²) < 4.78 is 5.45. The maximum Gasteiger partial charge on any atom is 0.336 e. The molecule has 122 valence electrons. The van der Waals surface area contributed by atoms with Crippen LogP contribution in [-0.2, 0) is 13.0 Å². The predicted molar refractivity (Wildman–Crippen MR) is 92.6 cm³/mol. The van der Waals surface area contributed by atoms with E-state index in [2.05, 4.69) is 30.9 Å². The highest BCUT2D eigenvalue weighted by atomic mass is 16.4. The number of hydrogen-bond donors (Lipinski definition) is 0. The monoisotopic (exact) mass is 311 g/mol. The third-order valence-corrected chi connectivity index (χ3v) is 5.50. The van der Waals surface area contributed by atoms with Crippen LogP contribution in [-0.4, -0.2) is 17.0 Å². The van der Waals surface area contributed by atoms with Gasteiger partial charge in [-0.2, -0.15) is 0 Å². The van der Waals surface area contributed by atoms with Crippen LogP contribution in [0.3, 0.4) is 0 Å². The third kappa shape index (κ3) is 3.07. The largest absolute Gasteiger partial charge is 0.423 e. The summed E-state index contributed by atoms with van der Waals surface area (Å²) in [6.45, 7) is 5.35. The Morgan fingerprint density at radius 1 is 1.22 bits per heavy atom. The Morgan fingerprint density at radius 2 is 2.00 bits per heavy atom.